The molecule has 0 bridgehead atoms. The molecule has 2 nitrogen and oxygen atoms in total. The SMILES string of the molecule is CC(C)N(CCCC(C#N)(c1c(Cl)cccc1Cl)C1CCCCC1)Cc1ccccc1. The van der Waals surface area contributed by atoms with E-state index in [1.807, 2.05) is 18.2 Å². The predicted octanol–water partition coefficient (Wildman–Crippen LogP) is 8.03. The van der Waals surface area contributed by atoms with Crippen molar-refractivity contribution >= 4 is 23.2 Å². The zero-order chi connectivity index (χ0) is 22.3. The van der Waals surface area contributed by atoms with Gasteiger partial charge in [-0.05, 0) is 69.7 Å². The third-order valence-corrected chi connectivity index (χ3v) is 7.52. The Morgan fingerprint density at radius 2 is 1.65 bits per heavy atom. The highest BCUT2D eigenvalue weighted by Crippen LogP contribution is 2.48. The van der Waals surface area contributed by atoms with Crippen LogP contribution in [0.4, 0.5) is 0 Å². The van der Waals surface area contributed by atoms with Gasteiger partial charge in [-0.2, -0.15) is 5.26 Å². The second kappa shape index (κ2) is 11.4. The van der Waals surface area contributed by atoms with E-state index in [0.717, 1.165) is 44.3 Å². The van der Waals surface area contributed by atoms with Crippen molar-refractivity contribution < 1.29 is 0 Å². The lowest BCUT2D eigenvalue weighted by molar-refractivity contribution is 0.186. The minimum Gasteiger partial charge on any atom is -0.297 e. The summed E-state index contributed by atoms with van der Waals surface area (Å²) in [5.74, 6) is 0.310. The average molecular weight is 457 g/mol. The van der Waals surface area contributed by atoms with Crippen LogP contribution in [0, 0.1) is 17.2 Å². The van der Waals surface area contributed by atoms with E-state index in [-0.39, 0.29) is 0 Å². The van der Waals surface area contributed by atoms with Crippen molar-refractivity contribution in [1.82, 2.24) is 4.90 Å². The highest BCUT2D eigenvalue weighted by atomic mass is 35.5. The van der Waals surface area contributed by atoms with Crippen LogP contribution in [0.3, 0.4) is 0 Å². The summed E-state index contributed by atoms with van der Waals surface area (Å²) in [6, 6.07) is 19.4. The molecule has 1 unspecified atom stereocenters. The maximum Gasteiger partial charge on any atom is 0.0879 e. The van der Waals surface area contributed by atoms with Gasteiger partial charge in [-0.15, -0.1) is 0 Å². The number of benzene rings is 2. The Labute approximate surface area is 198 Å². The molecule has 1 fully saturated rings. The molecule has 1 saturated carbocycles. The third kappa shape index (κ3) is 5.83. The van der Waals surface area contributed by atoms with Crippen LogP contribution < -0.4 is 0 Å². The van der Waals surface area contributed by atoms with Gasteiger partial charge in [-0.1, -0.05) is 78.9 Å². The van der Waals surface area contributed by atoms with E-state index < -0.39 is 5.41 Å². The van der Waals surface area contributed by atoms with Crippen molar-refractivity contribution in [1.29, 1.82) is 5.26 Å². The van der Waals surface area contributed by atoms with Gasteiger partial charge in [0.15, 0.2) is 0 Å². The smallest absolute Gasteiger partial charge is 0.0879 e. The molecular formula is C27H34Cl2N2. The Hall–Kier alpha value is -1.53. The second-order valence-electron chi connectivity index (χ2n) is 9.17. The van der Waals surface area contributed by atoms with Crippen LogP contribution in [0.15, 0.2) is 48.5 Å². The Kier molecular flexibility index (Phi) is 8.85. The number of hydrogen-bond acceptors (Lipinski definition) is 2. The van der Waals surface area contributed by atoms with Crippen molar-refractivity contribution in [2.24, 2.45) is 5.92 Å². The maximum atomic E-state index is 10.6. The molecule has 0 spiro atoms. The lowest BCUT2D eigenvalue weighted by atomic mass is 9.63. The van der Waals surface area contributed by atoms with Crippen molar-refractivity contribution in [2.75, 3.05) is 6.54 Å². The molecule has 31 heavy (non-hydrogen) atoms. The first-order valence-electron chi connectivity index (χ1n) is 11.6. The molecule has 0 N–H and O–H groups in total. The van der Waals surface area contributed by atoms with Gasteiger partial charge in [0.05, 0.1) is 11.5 Å². The molecule has 3 rings (SSSR count). The van der Waals surface area contributed by atoms with Crippen LogP contribution >= 0.6 is 23.2 Å². The molecule has 2 aromatic carbocycles. The molecule has 0 aromatic heterocycles. The minimum absolute atomic E-state index is 0.310. The van der Waals surface area contributed by atoms with Crippen LogP contribution in [-0.4, -0.2) is 17.5 Å². The quantitative estimate of drug-likeness (QED) is 0.381. The molecular weight excluding hydrogens is 423 g/mol. The molecule has 1 aliphatic rings. The molecule has 0 heterocycles. The summed E-state index contributed by atoms with van der Waals surface area (Å²) in [6.45, 7) is 6.36. The Morgan fingerprint density at radius 1 is 1.00 bits per heavy atom. The second-order valence-corrected chi connectivity index (χ2v) is 9.98. The Bertz CT molecular complexity index is 848. The van der Waals surface area contributed by atoms with Gasteiger partial charge in [0.1, 0.15) is 0 Å². The lowest BCUT2D eigenvalue weighted by Gasteiger charge is -2.39. The fourth-order valence-electron chi connectivity index (χ4n) is 5.15. The van der Waals surface area contributed by atoms with E-state index >= 15 is 0 Å². The van der Waals surface area contributed by atoms with Gasteiger partial charge in [-0.25, -0.2) is 0 Å². The highest BCUT2D eigenvalue weighted by Gasteiger charge is 2.43. The summed E-state index contributed by atoms with van der Waals surface area (Å²) in [5, 5.41) is 11.8. The third-order valence-electron chi connectivity index (χ3n) is 6.89. The number of hydrogen-bond donors (Lipinski definition) is 0. The number of halogens is 2. The fourth-order valence-corrected chi connectivity index (χ4v) is 5.89. The standard InChI is InChI=1S/C27H34Cl2N2/c1-21(2)31(19-22-11-5-3-6-12-22)18-10-17-27(20-30,23-13-7-4-8-14-23)26-24(28)15-9-16-25(26)29/h3,5-6,9,11-12,15-16,21,23H,4,7-8,10,13-14,17-19H2,1-2H3. The molecule has 1 atom stereocenters. The number of nitriles is 1. The number of rotatable bonds is 9. The first-order chi connectivity index (χ1) is 15.0. The number of nitrogens with zero attached hydrogens (tertiary/aromatic N) is 2. The molecule has 0 saturated heterocycles. The Morgan fingerprint density at radius 3 is 2.23 bits per heavy atom. The van der Waals surface area contributed by atoms with Gasteiger partial charge < -0.3 is 0 Å². The molecule has 166 valence electrons. The zero-order valence-corrected chi connectivity index (χ0v) is 20.3. The van der Waals surface area contributed by atoms with Crippen LogP contribution in [0.5, 0.6) is 0 Å². The first-order valence-corrected chi connectivity index (χ1v) is 12.4. The fraction of sp³-hybridized carbons (Fsp3) is 0.519. The van der Waals surface area contributed by atoms with Gasteiger partial charge >= 0.3 is 0 Å². The summed E-state index contributed by atoms with van der Waals surface area (Å²) in [5.41, 5.74) is 1.56. The average Bonchev–Trinajstić information content (AvgIpc) is 2.78. The van der Waals surface area contributed by atoms with Crippen molar-refractivity contribution in [3.63, 3.8) is 0 Å². The van der Waals surface area contributed by atoms with Crippen LogP contribution in [-0.2, 0) is 12.0 Å². The first kappa shape index (κ1) is 24.1. The van der Waals surface area contributed by atoms with Crippen LogP contribution in [0.2, 0.25) is 10.0 Å². The summed E-state index contributed by atoms with van der Waals surface area (Å²) < 4.78 is 0. The van der Waals surface area contributed by atoms with E-state index in [1.54, 1.807) is 0 Å². The molecule has 2 aromatic rings. The topological polar surface area (TPSA) is 27.0 Å². The summed E-state index contributed by atoms with van der Waals surface area (Å²) in [6.07, 6.45) is 7.50. The van der Waals surface area contributed by atoms with E-state index in [2.05, 4.69) is 55.1 Å². The van der Waals surface area contributed by atoms with E-state index in [0.29, 0.717) is 22.0 Å². The monoisotopic (exact) mass is 456 g/mol. The molecule has 1 aliphatic carbocycles. The van der Waals surface area contributed by atoms with Crippen molar-refractivity contribution in [3.8, 4) is 6.07 Å². The largest absolute Gasteiger partial charge is 0.297 e. The van der Waals surface area contributed by atoms with Crippen LogP contribution in [0.1, 0.15) is 69.9 Å². The zero-order valence-electron chi connectivity index (χ0n) is 18.8. The summed E-state index contributed by atoms with van der Waals surface area (Å²) in [4.78, 5) is 2.49. The van der Waals surface area contributed by atoms with E-state index in [1.165, 1.54) is 24.8 Å². The van der Waals surface area contributed by atoms with Crippen LogP contribution in [0.25, 0.3) is 0 Å². The van der Waals surface area contributed by atoms with Crippen molar-refractivity contribution in [3.05, 3.63) is 69.7 Å². The van der Waals surface area contributed by atoms with Gasteiger partial charge in [0.25, 0.3) is 0 Å². The van der Waals surface area contributed by atoms with Gasteiger partial charge in [0, 0.05) is 28.2 Å². The van der Waals surface area contributed by atoms with Crippen molar-refractivity contribution in [2.45, 2.75) is 76.8 Å². The minimum atomic E-state index is -0.620. The van der Waals surface area contributed by atoms with E-state index in [4.69, 9.17) is 23.2 Å². The predicted molar refractivity (Wildman–Crippen MR) is 132 cm³/mol. The van der Waals surface area contributed by atoms with E-state index in [9.17, 15) is 5.26 Å². The molecule has 0 aliphatic heterocycles. The Balaban J connectivity index is 1.82. The molecule has 0 amide bonds. The summed E-state index contributed by atoms with van der Waals surface area (Å²) in [7, 11) is 0. The highest BCUT2D eigenvalue weighted by molar-refractivity contribution is 6.36. The van der Waals surface area contributed by atoms with Gasteiger partial charge in [0.2, 0.25) is 0 Å². The molecule has 0 radical (unpaired) electrons. The maximum absolute atomic E-state index is 10.6. The normalized spacial score (nSPS) is 16.9. The lowest BCUT2D eigenvalue weighted by Crippen LogP contribution is -2.38. The van der Waals surface area contributed by atoms with Gasteiger partial charge in [-0.3, -0.25) is 4.90 Å². The molecule has 4 heteroatoms. The summed E-state index contributed by atoms with van der Waals surface area (Å²) >= 11 is 13.3.